The van der Waals surface area contributed by atoms with Crippen molar-refractivity contribution in [3.8, 4) is 11.5 Å². The largest absolute Gasteiger partial charge is 0.508 e. The fourth-order valence-corrected chi connectivity index (χ4v) is 3.06. The molecule has 2 aromatic rings. The molecule has 0 unspecified atom stereocenters. The number of nitrogens with zero attached hydrogens (tertiary/aromatic N) is 2. The molecule has 7 nitrogen and oxygen atoms in total. The second-order valence-electron chi connectivity index (χ2n) is 5.04. The van der Waals surface area contributed by atoms with E-state index >= 15 is 0 Å². The lowest BCUT2D eigenvalue weighted by atomic mass is 10.2. The van der Waals surface area contributed by atoms with Crippen LogP contribution in [0.15, 0.2) is 36.4 Å². The Kier molecular flexibility index (Phi) is 4.99. The highest BCUT2D eigenvalue weighted by Crippen LogP contribution is 2.31. The van der Waals surface area contributed by atoms with Crippen molar-refractivity contribution in [1.82, 2.24) is 16.1 Å². The van der Waals surface area contributed by atoms with Gasteiger partial charge in [0, 0.05) is 22.2 Å². The van der Waals surface area contributed by atoms with Gasteiger partial charge in [0.2, 0.25) is 0 Å². The highest BCUT2D eigenvalue weighted by Gasteiger charge is 2.29. The smallest absolute Gasteiger partial charge is 0.355 e. The summed E-state index contributed by atoms with van der Waals surface area (Å²) in [7, 11) is 1.62. The number of hydrogen-bond acceptors (Lipinski definition) is 5. The van der Waals surface area contributed by atoms with Gasteiger partial charge in [-0.1, -0.05) is 17.7 Å². The van der Waals surface area contributed by atoms with Crippen molar-refractivity contribution in [2.24, 2.45) is 0 Å². The molecule has 0 bridgehead atoms. The van der Waals surface area contributed by atoms with Crippen molar-refractivity contribution in [2.75, 3.05) is 12.1 Å². The highest BCUT2D eigenvalue weighted by molar-refractivity contribution is 14.1. The monoisotopic (exact) mass is 460 g/mol. The van der Waals surface area contributed by atoms with Gasteiger partial charge < -0.3 is 9.84 Å². The number of ether oxygens (including phenoxy) is 1. The zero-order valence-electron chi connectivity index (χ0n) is 12.6. The minimum absolute atomic E-state index is 0.0725. The summed E-state index contributed by atoms with van der Waals surface area (Å²) >= 11 is 8.25. The van der Waals surface area contributed by atoms with Gasteiger partial charge in [0.25, 0.3) is 0 Å². The summed E-state index contributed by atoms with van der Waals surface area (Å²) in [6.45, 7) is 0.216. The number of halogens is 2. The molecule has 0 aromatic heterocycles. The number of phenolic OH excluding ortho intramolecular Hbond substituents is 1. The summed E-state index contributed by atoms with van der Waals surface area (Å²) in [5, 5.41) is 12.5. The molecule has 3 N–H and O–H groups in total. The second-order valence-corrected chi connectivity index (χ2v) is 6.61. The molecule has 0 aliphatic carbocycles. The maximum Gasteiger partial charge on any atom is 0.355 e. The second kappa shape index (κ2) is 7.01. The van der Waals surface area contributed by atoms with E-state index in [4.69, 9.17) is 16.3 Å². The van der Waals surface area contributed by atoms with Gasteiger partial charge in [-0.05, 0) is 46.9 Å². The third kappa shape index (κ3) is 3.36. The SMILES string of the molecule is CN1NNN(c2cccc(I)c2COc2ccc(O)cc2Cl)C1=O. The molecule has 2 aromatic carbocycles. The fraction of sp³-hybridized carbons (Fsp3) is 0.133. The normalized spacial score (nSPS) is 14.4. The number of rotatable bonds is 4. The molecular formula is C15H14ClIN4O3. The molecule has 24 heavy (non-hydrogen) atoms. The number of phenols is 1. The molecule has 3 rings (SSSR count). The van der Waals surface area contributed by atoms with Gasteiger partial charge in [-0.3, -0.25) is 0 Å². The summed E-state index contributed by atoms with van der Waals surface area (Å²) in [5.41, 5.74) is 7.03. The predicted octanol–water partition coefficient (Wildman–Crippen LogP) is 3.03. The first kappa shape index (κ1) is 17.1. The van der Waals surface area contributed by atoms with Gasteiger partial charge in [-0.25, -0.2) is 14.8 Å². The van der Waals surface area contributed by atoms with E-state index in [9.17, 15) is 9.90 Å². The quantitative estimate of drug-likeness (QED) is 0.612. The Morgan fingerprint density at radius 3 is 2.75 bits per heavy atom. The topological polar surface area (TPSA) is 77.1 Å². The van der Waals surface area contributed by atoms with Gasteiger partial charge in [-0.2, -0.15) is 0 Å². The Morgan fingerprint density at radius 2 is 2.08 bits per heavy atom. The Morgan fingerprint density at radius 1 is 1.29 bits per heavy atom. The number of hydrazine groups is 3. The first-order valence-corrected chi connectivity index (χ1v) is 8.41. The van der Waals surface area contributed by atoms with Crippen LogP contribution in [-0.4, -0.2) is 23.2 Å². The Labute approximate surface area is 157 Å². The molecule has 1 aliphatic rings. The summed E-state index contributed by atoms with van der Waals surface area (Å²) in [5.74, 6) is 0.527. The molecule has 1 aliphatic heterocycles. The van der Waals surface area contributed by atoms with Crippen LogP contribution < -0.4 is 20.8 Å². The van der Waals surface area contributed by atoms with Crippen molar-refractivity contribution >= 4 is 45.9 Å². The molecular weight excluding hydrogens is 447 g/mol. The average molecular weight is 461 g/mol. The van der Waals surface area contributed by atoms with Gasteiger partial charge in [0.1, 0.15) is 18.1 Å². The highest BCUT2D eigenvalue weighted by atomic mass is 127. The maximum absolute atomic E-state index is 12.2. The number of carbonyl (C=O) groups excluding carboxylic acids is 1. The van der Waals surface area contributed by atoms with E-state index in [-0.39, 0.29) is 18.4 Å². The number of nitrogens with one attached hydrogen (secondary N) is 2. The molecule has 0 saturated carbocycles. The Balaban J connectivity index is 1.86. The minimum atomic E-state index is -0.235. The number of carbonyl (C=O) groups is 1. The molecule has 1 heterocycles. The maximum atomic E-state index is 12.2. The van der Waals surface area contributed by atoms with Gasteiger partial charge in [0.05, 0.1) is 10.7 Å². The minimum Gasteiger partial charge on any atom is -0.508 e. The van der Waals surface area contributed by atoms with Crippen LogP contribution in [0.5, 0.6) is 11.5 Å². The van der Waals surface area contributed by atoms with Crippen molar-refractivity contribution < 1.29 is 14.6 Å². The lowest BCUT2D eigenvalue weighted by molar-refractivity contribution is 0.214. The first-order chi connectivity index (χ1) is 11.5. The number of urea groups is 1. The Bertz CT molecular complexity index is 789. The number of benzene rings is 2. The number of amides is 2. The van der Waals surface area contributed by atoms with Crippen LogP contribution in [0.4, 0.5) is 10.5 Å². The molecule has 1 saturated heterocycles. The molecule has 0 spiro atoms. The van der Waals surface area contributed by atoms with E-state index in [1.54, 1.807) is 13.1 Å². The van der Waals surface area contributed by atoms with Crippen LogP contribution in [0.3, 0.4) is 0 Å². The van der Waals surface area contributed by atoms with Crippen LogP contribution in [0.1, 0.15) is 5.56 Å². The van der Waals surface area contributed by atoms with E-state index in [0.29, 0.717) is 16.5 Å². The van der Waals surface area contributed by atoms with E-state index in [1.807, 2.05) is 18.2 Å². The number of anilines is 1. The Hall–Kier alpha value is -1.75. The van der Waals surface area contributed by atoms with Crippen molar-refractivity contribution in [3.05, 3.63) is 50.6 Å². The summed E-state index contributed by atoms with van der Waals surface area (Å²) in [6.07, 6.45) is 0. The van der Waals surface area contributed by atoms with Gasteiger partial charge in [0.15, 0.2) is 0 Å². The van der Waals surface area contributed by atoms with E-state index < -0.39 is 0 Å². The van der Waals surface area contributed by atoms with E-state index in [2.05, 4.69) is 33.7 Å². The summed E-state index contributed by atoms with van der Waals surface area (Å²) in [6, 6.07) is 9.90. The zero-order valence-corrected chi connectivity index (χ0v) is 15.5. The standard InChI is InChI=1S/C15H14ClIN4O3/c1-20-15(23)21(19-18-20)13-4-2-3-12(17)10(13)8-24-14-6-5-9(22)7-11(14)16/h2-7,18-19,22H,8H2,1H3. The molecule has 1 fully saturated rings. The van der Waals surface area contributed by atoms with Crippen LogP contribution in [0.2, 0.25) is 5.02 Å². The molecule has 0 radical (unpaired) electrons. The summed E-state index contributed by atoms with van der Waals surface area (Å²) < 4.78 is 6.72. The van der Waals surface area contributed by atoms with Crippen molar-refractivity contribution in [1.29, 1.82) is 0 Å². The van der Waals surface area contributed by atoms with E-state index in [1.165, 1.54) is 22.2 Å². The fourth-order valence-electron chi connectivity index (χ4n) is 2.19. The average Bonchev–Trinajstić information content (AvgIpc) is 2.87. The summed E-state index contributed by atoms with van der Waals surface area (Å²) in [4.78, 5) is 12.2. The molecule has 0 atom stereocenters. The zero-order chi connectivity index (χ0) is 17.3. The van der Waals surface area contributed by atoms with Crippen LogP contribution in [0.25, 0.3) is 0 Å². The number of aromatic hydroxyl groups is 1. The first-order valence-electron chi connectivity index (χ1n) is 6.95. The van der Waals surface area contributed by atoms with Crippen LogP contribution in [0, 0.1) is 3.57 Å². The van der Waals surface area contributed by atoms with Crippen molar-refractivity contribution in [2.45, 2.75) is 6.61 Å². The van der Waals surface area contributed by atoms with Crippen molar-refractivity contribution in [3.63, 3.8) is 0 Å². The van der Waals surface area contributed by atoms with Gasteiger partial charge >= 0.3 is 6.03 Å². The van der Waals surface area contributed by atoms with Gasteiger partial charge in [-0.15, -0.1) is 11.1 Å². The molecule has 2 amide bonds. The lowest BCUT2D eigenvalue weighted by Gasteiger charge is -2.19. The lowest BCUT2D eigenvalue weighted by Crippen LogP contribution is -2.38. The van der Waals surface area contributed by atoms with Crippen LogP contribution in [-0.2, 0) is 6.61 Å². The molecule has 9 heteroatoms. The van der Waals surface area contributed by atoms with E-state index in [0.717, 1.165) is 9.13 Å². The third-order valence-corrected chi connectivity index (χ3v) is 4.74. The number of hydrogen-bond donors (Lipinski definition) is 3. The third-order valence-electron chi connectivity index (χ3n) is 3.43. The van der Waals surface area contributed by atoms with Crippen LogP contribution >= 0.6 is 34.2 Å². The molecule has 126 valence electrons. The predicted molar refractivity (Wildman–Crippen MR) is 98.5 cm³/mol.